The van der Waals surface area contributed by atoms with Crippen molar-refractivity contribution in [2.75, 3.05) is 50.1 Å². The monoisotopic (exact) mass is 417 g/mol. The van der Waals surface area contributed by atoms with E-state index < -0.39 is 0 Å². The Hall–Kier alpha value is -2.05. The number of carbonyl (C=O) groups is 1. The van der Waals surface area contributed by atoms with Crippen molar-refractivity contribution < 1.29 is 9.53 Å². The van der Waals surface area contributed by atoms with Gasteiger partial charge in [-0.15, -0.1) is 0 Å². The summed E-state index contributed by atoms with van der Waals surface area (Å²) in [6.07, 6.45) is 0. The minimum atomic E-state index is 0.0237. The van der Waals surface area contributed by atoms with E-state index in [1.165, 1.54) is 0 Å². The third-order valence-corrected chi connectivity index (χ3v) is 5.47. The van der Waals surface area contributed by atoms with Gasteiger partial charge in [-0.05, 0) is 36.8 Å². The molecule has 0 aromatic heterocycles. The van der Waals surface area contributed by atoms with Gasteiger partial charge in [0.05, 0.1) is 13.7 Å². The predicted molar refractivity (Wildman–Crippen MR) is 109 cm³/mol. The van der Waals surface area contributed by atoms with Gasteiger partial charge in [0.2, 0.25) is 5.91 Å². The van der Waals surface area contributed by atoms with E-state index in [0.29, 0.717) is 6.54 Å². The van der Waals surface area contributed by atoms with Crippen molar-refractivity contribution >= 4 is 33.2 Å². The van der Waals surface area contributed by atoms with Gasteiger partial charge in [0.1, 0.15) is 5.75 Å². The van der Waals surface area contributed by atoms with E-state index in [1.54, 1.807) is 7.11 Å². The van der Waals surface area contributed by atoms with Crippen LogP contribution in [0.3, 0.4) is 0 Å². The van der Waals surface area contributed by atoms with Crippen molar-refractivity contribution in [1.82, 2.24) is 4.90 Å². The number of nitrogens with zero attached hydrogens (tertiary/aromatic N) is 2. The van der Waals surface area contributed by atoms with Crippen molar-refractivity contribution in [2.45, 2.75) is 6.92 Å². The Morgan fingerprint density at radius 1 is 1.15 bits per heavy atom. The van der Waals surface area contributed by atoms with E-state index in [9.17, 15) is 4.79 Å². The van der Waals surface area contributed by atoms with E-state index in [2.05, 4.69) is 43.2 Å². The van der Waals surface area contributed by atoms with E-state index in [4.69, 9.17) is 4.74 Å². The molecule has 138 valence electrons. The first-order chi connectivity index (χ1) is 12.5. The van der Waals surface area contributed by atoms with Gasteiger partial charge in [-0.2, -0.15) is 0 Å². The number of rotatable bonds is 5. The molecule has 2 aromatic carbocycles. The number of aryl methyl sites for hydroxylation is 1. The van der Waals surface area contributed by atoms with Crippen molar-refractivity contribution in [1.29, 1.82) is 0 Å². The fourth-order valence-corrected chi connectivity index (χ4v) is 3.42. The minimum absolute atomic E-state index is 0.0237. The molecule has 0 atom stereocenters. The van der Waals surface area contributed by atoms with Crippen LogP contribution in [0.4, 0.5) is 11.4 Å². The average molecular weight is 418 g/mol. The van der Waals surface area contributed by atoms with Crippen LogP contribution in [-0.4, -0.2) is 50.6 Å². The number of hydrogen-bond acceptors (Lipinski definition) is 4. The topological polar surface area (TPSA) is 44.8 Å². The molecular weight excluding hydrogens is 394 g/mol. The molecule has 2 aromatic rings. The van der Waals surface area contributed by atoms with Crippen LogP contribution in [0.2, 0.25) is 0 Å². The maximum atomic E-state index is 12.3. The van der Waals surface area contributed by atoms with Crippen molar-refractivity contribution in [3.05, 3.63) is 52.5 Å². The highest BCUT2D eigenvalue weighted by Gasteiger charge is 2.19. The number of nitrogens with one attached hydrogen (secondary N) is 1. The summed E-state index contributed by atoms with van der Waals surface area (Å²) in [6.45, 7) is 5.96. The standard InChI is InChI=1S/C20H24BrN3O2/c1-15-6-7-16(12-19(15)21)22-20(25)14-23-8-10-24(11-9-23)17-4-3-5-18(13-17)26-2/h3-7,12-13H,8-11,14H2,1-2H3,(H,22,25). The summed E-state index contributed by atoms with van der Waals surface area (Å²) in [7, 11) is 1.68. The summed E-state index contributed by atoms with van der Waals surface area (Å²) >= 11 is 3.50. The molecule has 26 heavy (non-hydrogen) atoms. The minimum Gasteiger partial charge on any atom is -0.497 e. The van der Waals surface area contributed by atoms with Gasteiger partial charge in [0, 0.05) is 48.1 Å². The first kappa shape index (κ1) is 18.7. The van der Waals surface area contributed by atoms with Gasteiger partial charge >= 0.3 is 0 Å². The maximum Gasteiger partial charge on any atom is 0.238 e. The van der Waals surface area contributed by atoms with Crippen LogP contribution in [0.15, 0.2) is 46.9 Å². The fourth-order valence-electron chi connectivity index (χ4n) is 3.05. The van der Waals surface area contributed by atoms with Gasteiger partial charge in [0.15, 0.2) is 0 Å². The highest BCUT2D eigenvalue weighted by molar-refractivity contribution is 9.10. The van der Waals surface area contributed by atoms with Crippen LogP contribution in [0.1, 0.15) is 5.56 Å². The van der Waals surface area contributed by atoms with Crippen LogP contribution >= 0.6 is 15.9 Å². The molecular formula is C20H24BrN3O2. The first-order valence-electron chi connectivity index (χ1n) is 8.72. The third kappa shape index (κ3) is 4.77. The van der Waals surface area contributed by atoms with E-state index in [-0.39, 0.29) is 5.91 Å². The summed E-state index contributed by atoms with van der Waals surface area (Å²) < 4.78 is 6.30. The summed E-state index contributed by atoms with van der Waals surface area (Å²) in [4.78, 5) is 16.8. The summed E-state index contributed by atoms with van der Waals surface area (Å²) in [5.74, 6) is 0.893. The predicted octanol–water partition coefficient (Wildman–Crippen LogP) is 3.53. The Kier molecular flexibility index (Phi) is 6.16. The second-order valence-corrected chi connectivity index (χ2v) is 7.33. The van der Waals surface area contributed by atoms with Crippen molar-refractivity contribution in [3.8, 4) is 5.75 Å². The van der Waals surface area contributed by atoms with Gasteiger partial charge < -0.3 is 15.0 Å². The zero-order valence-corrected chi connectivity index (χ0v) is 16.8. The van der Waals surface area contributed by atoms with Gasteiger partial charge in [-0.3, -0.25) is 9.69 Å². The smallest absolute Gasteiger partial charge is 0.238 e. The molecule has 1 fully saturated rings. The lowest BCUT2D eigenvalue weighted by Crippen LogP contribution is -2.48. The zero-order valence-electron chi connectivity index (χ0n) is 15.2. The Balaban J connectivity index is 1.50. The van der Waals surface area contributed by atoms with E-state index >= 15 is 0 Å². The number of hydrogen-bond donors (Lipinski definition) is 1. The summed E-state index contributed by atoms with van der Waals surface area (Å²) in [6, 6.07) is 14.0. The number of halogens is 1. The van der Waals surface area contributed by atoms with Crippen LogP contribution in [0.5, 0.6) is 5.75 Å². The largest absolute Gasteiger partial charge is 0.497 e. The zero-order chi connectivity index (χ0) is 18.5. The van der Waals surface area contributed by atoms with Gasteiger partial charge in [-0.25, -0.2) is 0 Å². The molecule has 0 spiro atoms. The second-order valence-electron chi connectivity index (χ2n) is 6.48. The molecule has 1 aliphatic rings. The molecule has 6 heteroatoms. The maximum absolute atomic E-state index is 12.3. The molecule has 1 aliphatic heterocycles. The lowest BCUT2D eigenvalue weighted by Gasteiger charge is -2.35. The Morgan fingerprint density at radius 2 is 1.92 bits per heavy atom. The lowest BCUT2D eigenvalue weighted by atomic mass is 10.2. The van der Waals surface area contributed by atoms with Gasteiger partial charge in [0.25, 0.3) is 0 Å². The number of ether oxygens (including phenoxy) is 1. The van der Waals surface area contributed by atoms with Gasteiger partial charge in [-0.1, -0.05) is 28.1 Å². The quantitative estimate of drug-likeness (QED) is 0.807. The molecule has 1 saturated heterocycles. The number of piperazine rings is 1. The van der Waals surface area contributed by atoms with Crippen molar-refractivity contribution in [2.24, 2.45) is 0 Å². The number of methoxy groups -OCH3 is 1. The molecule has 1 N–H and O–H groups in total. The summed E-state index contributed by atoms with van der Waals surface area (Å²) in [5, 5.41) is 2.97. The fraction of sp³-hybridized carbons (Fsp3) is 0.350. The Morgan fingerprint density at radius 3 is 2.62 bits per heavy atom. The lowest BCUT2D eigenvalue weighted by molar-refractivity contribution is -0.117. The molecule has 1 amide bonds. The Bertz CT molecular complexity index is 773. The van der Waals surface area contributed by atoms with Crippen LogP contribution in [-0.2, 0) is 4.79 Å². The second kappa shape index (κ2) is 8.56. The van der Waals surface area contributed by atoms with E-state index in [1.807, 2.05) is 37.3 Å². The third-order valence-electron chi connectivity index (χ3n) is 4.61. The highest BCUT2D eigenvalue weighted by Crippen LogP contribution is 2.22. The number of benzene rings is 2. The molecule has 5 nitrogen and oxygen atoms in total. The van der Waals surface area contributed by atoms with Crippen molar-refractivity contribution in [3.63, 3.8) is 0 Å². The average Bonchev–Trinajstić information content (AvgIpc) is 2.65. The molecule has 0 unspecified atom stereocenters. The molecule has 1 heterocycles. The SMILES string of the molecule is COc1cccc(N2CCN(CC(=O)Nc3ccc(C)c(Br)c3)CC2)c1. The number of anilines is 2. The Labute approximate surface area is 163 Å². The molecule has 0 bridgehead atoms. The van der Waals surface area contributed by atoms with E-state index in [0.717, 1.165) is 53.3 Å². The first-order valence-corrected chi connectivity index (χ1v) is 9.52. The molecule has 0 radical (unpaired) electrons. The molecule has 0 aliphatic carbocycles. The van der Waals surface area contributed by atoms with Crippen LogP contribution < -0.4 is 15.0 Å². The molecule has 3 rings (SSSR count). The normalized spacial score (nSPS) is 15.0. The molecule has 0 saturated carbocycles. The van der Waals surface area contributed by atoms with Crippen LogP contribution in [0.25, 0.3) is 0 Å². The number of amides is 1. The van der Waals surface area contributed by atoms with Crippen LogP contribution in [0, 0.1) is 6.92 Å². The summed E-state index contributed by atoms with van der Waals surface area (Å²) in [5.41, 5.74) is 3.14. The highest BCUT2D eigenvalue weighted by atomic mass is 79.9. The number of carbonyl (C=O) groups excluding carboxylic acids is 1.